The van der Waals surface area contributed by atoms with Gasteiger partial charge in [0, 0.05) is 6.42 Å². The maximum atomic E-state index is 11.8. The lowest BCUT2D eigenvalue weighted by Crippen LogP contribution is -2.29. The number of esters is 1. The Morgan fingerprint density at radius 2 is 1.85 bits per heavy atom. The standard InChI is InChI=1S/C18H32O2/c1-13-8-10-15(17(2,3)4)12-14(13)9-11-16(19)20-18(5,6)7/h14-15H,1,8-12H2,2-7H3. The van der Waals surface area contributed by atoms with Gasteiger partial charge in [-0.15, -0.1) is 0 Å². The fourth-order valence-electron chi connectivity index (χ4n) is 2.98. The SMILES string of the molecule is C=C1CCC(C(C)(C)C)CC1CCC(=O)OC(C)(C)C. The van der Waals surface area contributed by atoms with Crippen LogP contribution >= 0.6 is 0 Å². The maximum Gasteiger partial charge on any atom is 0.306 e. The second kappa shape index (κ2) is 6.32. The van der Waals surface area contributed by atoms with Crippen LogP contribution in [0.4, 0.5) is 0 Å². The molecule has 0 aromatic heterocycles. The highest BCUT2D eigenvalue weighted by atomic mass is 16.6. The monoisotopic (exact) mass is 280 g/mol. The van der Waals surface area contributed by atoms with Gasteiger partial charge in [-0.05, 0) is 63.7 Å². The molecule has 1 aliphatic carbocycles. The van der Waals surface area contributed by atoms with Crippen LogP contribution in [0.1, 0.15) is 73.6 Å². The molecular formula is C18H32O2. The second-order valence-corrected chi connectivity index (χ2v) is 8.32. The fraction of sp³-hybridized carbons (Fsp3) is 0.833. The first-order valence-electron chi connectivity index (χ1n) is 7.88. The van der Waals surface area contributed by atoms with E-state index < -0.39 is 0 Å². The molecule has 1 rings (SSSR count). The molecule has 2 nitrogen and oxygen atoms in total. The van der Waals surface area contributed by atoms with Gasteiger partial charge in [0.25, 0.3) is 0 Å². The molecule has 0 bridgehead atoms. The van der Waals surface area contributed by atoms with E-state index in [0.29, 0.717) is 17.8 Å². The molecule has 0 N–H and O–H groups in total. The summed E-state index contributed by atoms with van der Waals surface area (Å²) in [5.41, 5.74) is 1.30. The first kappa shape index (κ1) is 17.3. The Morgan fingerprint density at radius 1 is 1.25 bits per heavy atom. The molecule has 116 valence electrons. The Bertz CT molecular complexity index is 355. The van der Waals surface area contributed by atoms with Crippen LogP contribution in [0.5, 0.6) is 0 Å². The fourth-order valence-corrected chi connectivity index (χ4v) is 2.98. The summed E-state index contributed by atoms with van der Waals surface area (Å²) < 4.78 is 5.39. The highest BCUT2D eigenvalue weighted by Gasteiger charge is 2.32. The topological polar surface area (TPSA) is 26.3 Å². The molecule has 0 aromatic rings. The van der Waals surface area contributed by atoms with Crippen molar-refractivity contribution in [1.82, 2.24) is 0 Å². The van der Waals surface area contributed by atoms with E-state index in [1.807, 2.05) is 20.8 Å². The van der Waals surface area contributed by atoms with Crippen molar-refractivity contribution in [2.45, 2.75) is 79.2 Å². The van der Waals surface area contributed by atoms with E-state index >= 15 is 0 Å². The van der Waals surface area contributed by atoms with E-state index in [4.69, 9.17) is 4.74 Å². The number of carbonyl (C=O) groups excluding carboxylic acids is 1. The molecule has 0 spiro atoms. The van der Waals surface area contributed by atoms with E-state index in [9.17, 15) is 4.79 Å². The molecule has 0 aliphatic heterocycles. The minimum atomic E-state index is -0.380. The van der Waals surface area contributed by atoms with Gasteiger partial charge in [-0.2, -0.15) is 0 Å². The molecule has 1 aliphatic rings. The summed E-state index contributed by atoms with van der Waals surface area (Å²) in [6.07, 6.45) is 4.93. The third-order valence-corrected chi connectivity index (χ3v) is 4.30. The van der Waals surface area contributed by atoms with Gasteiger partial charge in [-0.3, -0.25) is 4.79 Å². The number of carbonyl (C=O) groups is 1. The van der Waals surface area contributed by atoms with Crippen LogP contribution < -0.4 is 0 Å². The summed E-state index contributed by atoms with van der Waals surface area (Å²) in [5, 5.41) is 0. The summed E-state index contributed by atoms with van der Waals surface area (Å²) in [6.45, 7) is 16.9. The average molecular weight is 280 g/mol. The number of rotatable bonds is 3. The summed E-state index contributed by atoms with van der Waals surface area (Å²) in [6, 6.07) is 0. The second-order valence-electron chi connectivity index (χ2n) is 8.32. The van der Waals surface area contributed by atoms with Gasteiger partial charge in [-0.25, -0.2) is 0 Å². The van der Waals surface area contributed by atoms with Crippen LogP contribution in [0.25, 0.3) is 0 Å². The van der Waals surface area contributed by atoms with Crippen molar-refractivity contribution in [2.24, 2.45) is 17.3 Å². The molecule has 0 heterocycles. The van der Waals surface area contributed by atoms with Crippen molar-refractivity contribution in [2.75, 3.05) is 0 Å². The molecule has 2 atom stereocenters. The molecular weight excluding hydrogens is 248 g/mol. The molecule has 0 saturated heterocycles. The van der Waals surface area contributed by atoms with Gasteiger partial charge >= 0.3 is 5.97 Å². The van der Waals surface area contributed by atoms with Gasteiger partial charge in [-0.1, -0.05) is 32.9 Å². The van der Waals surface area contributed by atoms with E-state index in [1.165, 1.54) is 18.4 Å². The molecule has 1 fully saturated rings. The maximum absolute atomic E-state index is 11.8. The van der Waals surface area contributed by atoms with Crippen molar-refractivity contribution in [3.8, 4) is 0 Å². The Hall–Kier alpha value is -0.790. The molecule has 1 saturated carbocycles. The molecule has 2 unspecified atom stereocenters. The highest BCUT2D eigenvalue weighted by molar-refractivity contribution is 5.69. The lowest BCUT2D eigenvalue weighted by molar-refractivity contribution is -0.155. The molecule has 0 aromatic carbocycles. The molecule has 0 radical (unpaired) electrons. The van der Waals surface area contributed by atoms with Gasteiger partial charge in [0.1, 0.15) is 5.60 Å². The zero-order valence-electron chi connectivity index (χ0n) is 14.2. The zero-order chi connectivity index (χ0) is 15.6. The zero-order valence-corrected chi connectivity index (χ0v) is 14.2. The summed E-state index contributed by atoms with van der Waals surface area (Å²) in [4.78, 5) is 11.8. The molecule has 2 heteroatoms. The summed E-state index contributed by atoms with van der Waals surface area (Å²) in [7, 11) is 0. The Labute approximate surface area is 125 Å². The predicted molar refractivity (Wildman–Crippen MR) is 84.5 cm³/mol. The minimum Gasteiger partial charge on any atom is -0.460 e. The smallest absolute Gasteiger partial charge is 0.306 e. The Balaban J connectivity index is 2.49. The van der Waals surface area contributed by atoms with Gasteiger partial charge in [0.15, 0.2) is 0 Å². The van der Waals surface area contributed by atoms with Gasteiger partial charge in [0.05, 0.1) is 0 Å². The third-order valence-electron chi connectivity index (χ3n) is 4.30. The predicted octanol–water partition coefficient (Wildman–Crippen LogP) is 5.13. The van der Waals surface area contributed by atoms with Crippen molar-refractivity contribution < 1.29 is 9.53 Å². The number of hydrogen-bond donors (Lipinski definition) is 0. The summed E-state index contributed by atoms with van der Waals surface area (Å²) in [5.74, 6) is 1.14. The van der Waals surface area contributed by atoms with Crippen LogP contribution in [0.2, 0.25) is 0 Å². The first-order chi connectivity index (χ1) is 8.99. The van der Waals surface area contributed by atoms with E-state index in [1.54, 1.807) is 0 Å². The van der Waals surface area contributed by atoms with Crippen LogP contribution in [0, 0.1) is 17.3 Å². The van der Waals surface area contributed by atoms with Gasteiger partial charge in [0.2, 0.25) is 0 Å². The van der Waals surface area contributed by atoms with Crippen molar-refractivity contribution in [1.29, 1.82) is 0 Å². The van der Waals surface area contributed by atoms with E-state index in [2.05, 4.69) is 27.4 Å². The van der Waals surface area contributed by atoms with Crippen molar-refractivity contribution in [3.63, 3.8) is 0 Å². The Morgan fingerprint density at radius 3 is 2.35 bits per heavy atom. The third kappa shape index (κ3) is 5.68. The first-order valence-corrected chi connectivity index (χ1v) is 7.88. The van der Waals surface area contributed by atoms with Crippen LogP contribution in [-0.2, 0) is 9.53 Å². The van der Waals surface area contributed by atoms with Crippen LogP contribution in [-0.4, -0.2) is 11.6 Å². The lowest BCUT2D eigenvalue weighted by Gasteiger charge is -2.39. The van der Waals surface area contributed by atoms with Crippen LogP contribution in [0.15, 0.2) is 12.2 Å². The number of ether oxygens (including phenoxy) is 1. The number of allylic oxidation sites excluding steroid dienone is 1. The highest BCUT2D eigenvalue weighted by Crippen LogP contribution is 2.43. The Kier molecular flexibility index (Phi) is 5.46. The van der Waals surface area contributed by atoms with Crippen molar-refractivity contribution in [3.05, 3.63) is 12.2 Å². The largest absolute Gasteiger partial charge is 0.460 e. The van der Waals surface area contributed by atoms with E-state index in [-0.39, 0.29) is 11.6 Å². The minimum absolute atomic E-state index is 0.0804. The molecule has 20 heavy (non-hydrogen) atoms. The quantitative estimate of drug-likeness (QED) is 0.529. The number of hydrogen-bond acceptors (Lipinski definition) is 2. The normalized spacial score (nSPS) is 24.6. The van der Waals surface area contributed by atoms with Crippen LogP contribution in [0.3, 0.4) is 0 Å². The molecule has 0 amide bonds. The lowest BCUT2D eigenvalue weighted by atomic mass is 9.67. The van der Waals surface area contributed by atoms with Gasteiger partial charge < -0.3 is 4.74 Å². The summed E-state index contributed by atoms with van der Waals surface area (Å²) >= 11 is 0. The average Bonchev–Trinajstić information content (AvgIpc) is 2.24. The van der Waals surface area contributed by atoms with Crippen molar-refractivity contribution >= 4 is 5.97 Å². The van der Waals surface area contributed by atoms with E-state index in [0.717, 1.165) is 18.8 Å².